The molecule has 0 aromatic rings. The van der Waals surface area contributed by atoms with Crippen molar-refractivity contribution in [1.29, 1.82) is 0 Å². The highest BCUT2D eigenvalue weighted by Gasteiger charge is 2.19. The van der Waals surface area contributed by atoms with E-state index in [-0.39, 0.29) is 18.5 Å². The number of carbonyl (C=O) groups is 2. The van der Waals surface area contributed by atoms with Crippen LogP contribution in [0.25, 0.3) is 0 Å². The van der Waals surface area contributed by atoms with Gasteiger partial charge in [0.2, 0.25) is 5.91 Å². The SMILES string of the molecule is CCCCCCCCCCCCCC(=O)OCCCCCCCC/C=C\C/C=C\CCC(=O)NC(CO)C(O)CCCCCCCCCCC. The summed E-state index contributed by atoms with van der Waals surface area (Å²) in [6.07, 6.45) is 44.3. The van der Waals surface area contributed by atoms with Gasteiger partial charge < -0.3 is 20.3 Å². The van der Waals surface area contributed by atoms with Crippen molar-refractivity contribution in [2.24, 2.45) is 0 Å². The molecule has 0 aliphatic rings. The van der Waals surface area contributed by atoms with Crippen LogP contribution in [0.2, 0.25) is 0 Å². The number of aliphatic hydroxyl groups is 2. The van der Waals surface area contributed by atoms with Crippen molar-refractivity contribution in [1.82, 2.24) is 5.32 Å². The minimum absolute atomic E-state index is 0.0185. The zero-order chi connectivity index (χ0) is 36.6. The molecule has 0 aromatic carbocycles. The van der Waals surface area contributed by atoms with Gasteiger partial charge in [0.05, 0.1) is 25.4 Å². The standard InChI is InChI=1S/C44H83NO5/c1-3-5-7-9-11-13-17-22-26-30-34-38-44(49)50-39-35-31-27-23-19-16-14-15-18-21-25-29-33-37-43(48)45-41(40-46)42(47)36-32-28-24-20-12-10-8-6-4-2/h15,18,25,29,41-42,46-47H,3-14,16-17,19-24,26-28,30-40H2,1-2H3,(H,45,48)/b18-15-,29-25-. The fourth-order valence-electron chi connectivity index (χ4n) is 6.39. The summed E-state index contributed by atoms with van der Waals surface area (Å²) in [6.45, 7) is 4.84. The maximum absolute atomic E-state index is 12.3. The largest absolute Gasteiger partial charge is 0.466 e. The number of allylic oxidation sites excluding steroid dienone is 4. The summed E-state index contributed by atoms with van der Waals surface area (Å²) in [7, 11) is 0. The van der Waals surface area contributed by atoms with Gasteiger partial charge in [0.15, 0.2) is 0 Å². The summed E-state index contributed by atoms with van der Waals surface area (Å²) in [5.74, 6) is -0.138. The van der Waals surface area contributed by atoms with Crippen LogP contribution in [0.5, 0.6) is 0 Å². The number of rotatable bonds is 39. The van der Waals surface area contributed by atoms with Crippen LogP contribution >= 0.6 is 0 Å². The molecule has 0 saturated heterocycles. The highest BCUT2D eigenvalue weighted by atomic mass is 16.5. The molecule has 1 amide bonds. The van der Waals surface area contributed by atoms with Gasteiger partial charge in [-0.2, -0.15) is 0 Å². The number of hydrogen-bond donors (Lipinski definition) is 3. The van der Waals surface area contributed by atoms with E-state index >= 15 is 0 Å². The van der Waals surface area contributed by atoms with E-state index < -0.39 is 12.1 Å². The maximum Gasteiger partial charge on any atom is 0.305 e. The minimum atomic E-state index is -0.695. The summed E-state index contributed by atoms with van der Waals surface area (Å²) >= 11 is 0. The molecule has 2 atom stereocenters. The third-order valence-electron chi connectivity index (χ3n) is 9.77. The molecule has 50 heavy (non-hydrogen) atoms. The summed E-state index contributed by atoms with van der Waals surface area (Å²) in [5.41, 5.74) is 0. The summed E-state index contributed by atoms with van der Waals surface area (Å²) in [5, 5.41) is 22.9. The van der Waals surface area contributed by atoms with Crippen LogP contribution in [-0.2, 0) is 14.3 Å². The summed E-state index contributed by atoms with van der Waals surface area (Å²) < 4.78 is 5.42. The molecule has 0 radical (unpaired) electrons. The monoisotopic (exact) mass is 706 g/mol. The molecule has 0 rings (SSSR count). The smallest absolute Gasteiger partial charge is 0.305 e. The zero-order valence-corrected chi connectivity index (χ0v) is 33.1. The predicted octanol–water partition coefficient (Wildman–Crippen LogP) is 12.0. The highest BCUT2D eigenvalue weighted by molar-refractivity contribution is 5.76. The fraction of sp³-hybridized carbons (Fsp3) is 0.864. The van der Waals surface area contributed by atoms with Crippen molar-refractivity contribution in [3.05, 3.63) is 24.3 Å². The molecular weight excluding hydrogens is 622 g/mol. The van der Waals surface area contributed by atoms with E-state index in [0.717, 1.165) is 51.4 Å². The number of ether oxygens (including phenoxy) is 1. The second-order valence-electron chi connectivity index (χ2n) is 14.7. The van der Waals surface area contributed by atoms with Gasteiger partial charge in [-0.1, -0.05) is 186 Å². The first kappa shape index (κ1) is 48.3. The Morgan fingerprint density at radius 2 is 1.02 bits per heavy atom. The molecule has 0 bridgehead atoms. The fourth-order valence-corrected chi connectivity index (χ4v) is 6.39. The molecule has 294 valence electrons. The molecule has 0 heterocycles. The van der Waals surface area contributed by atoms with Gasteiger partial charge in [0, 0.05) is 12.8 Å². The summed E-state index contributed by atoms with van der Waals surface area (Å²) in [6, 6.07) is -0.582. The lowest BCUT2D eigenvalue weighted by Crippen LogP contribution is -2.45. The van der Waals surface area contributed by atoms with Crippen LogP contribution in [0.3, 0.4) is 0 Å². The Bertz CT molecular complexity index is 782. The van der Waals surface area contributed by atoms with Gasteiger partial charge >= 0.3 is 5.97 Å². The first-order valence-corrected chi connectivity index (χ1v) is 21.6. The van der Waals surface area contributed by atoms with E-state index in [9.17, 15) is 19.8 Å². The highest BCUT2D eigenvalue weighted by Crippen LogP contribution is 2.14. The number of nitrogens with one attached hydrogen (secondary N) is 1. The van der Waals surface area contributed by atoms with Crippen LogP contribution in [0.4, 0.5) is 0 Å². The molecule has 3 N–H and O–H groups in total. The van der Waals surface area contributed by atoms with Crippen molar-refractivity contribution < 1.29 is 24.5 Å². The minimum Gasteiger partial charge on any atom is -0.466 e. The van der Waals surface area contributed by atoms with Gasteiger partial charge in [0.25, 0.3) is 0 Å². The lowest BCUT2D eigenvalue weighted by atomic mass is 10.0. The van der Waals surface area contributed by atoms with E-state index in [0.29, 0.717) is 32.3 Å². The normalized spacial score (nSPS) is 13.0. The molecule has 0 aliphatic heterocycles. The van der Waals surface area contributed by atoms with Gasteiger partial charge in [-0.25, -0.2) is 0 Å². The maximum atomic E-state index is 12.3. The first-order valence-electron chi connectivity index (χ1n) is 21.6. The Hall–Kier alpha value is -1.66. The second-order valence-corrected chi connectivity index (χ2v) is 14.7. The van der Waals surface area contributed by atoms with E-state index in [4.69, 9.17) is 4.74 Å². The van der Waals surface area contributed by atoms with Gasteiger partial charge in [-0.15, -0.1) is 0 Å². The average Bonchev–Trinajstić information content (AvgIpc) is 3.11. The van der Waals surface area contributed by atoms with Crippen LogP contribution in [0.15, 0.2) is 24.3 Å². The quantitative estimate of drug-likeness (QED) is 0.0336. The molecule has 6 nitrogen and oxygen atoms in total. The number of hydrogen-bond acceptors (Lipinski definition) is 5. The molecule has 2 unspecified atom stereocenters. The topological polar surface area (TPSA) is 95.9 Å². The van der Waals surface area contributed by atoms with Crippen LogP contribution in [0, 0.1) is 0 Å². The lowest BCUT2D eigenvalue weighted by molar-refractivity contribution is -0.143. The van der Waals surface area contributed by atoms with Crippen LogP contribution in [0.1, 0.15) is 219 Å². The Balaban J connectivity index is 3.56. The Labute approximate surface area is 310 Å². The van der Waals surface area contributed by atoms with E-state index in [1.807, 2.05) is 6.08 Å². The molecule has 0 aromatic heterocycles. The van der Waals surface area contributed by atoms with Gasteiger partial charge in [0.1, 0.15) is 0 Å². The van der Waals surface area contributed by atoms with Crippen molar-refractivity contribution in [2.45, 2.75) is 231 Å². The Morgan fingerprint density at radius 3 is 1.56 bits per heavy atom. The molecular formula is C44H83NO5. The number of esters is 1. The third kappa shape index (κ3) is 36.1. The molecule has 0 saturated carbocycles. The molecule has 0 fully saturated rings. The Kier molecular flexibility index (Phi) is 38.8. The number of carbonyl (C=O) groups excluding carboxylic acids is 2. The number of aliphatic hydroxyl groups excluding tert-OH is 2. The third-order valence-corrected chi connectivity index (χ3v) is 9.77. The van der Waals surface area contributed by atoms with E-state index in [1.54, 1.807) is 0 Å². The molecule has 6 heteroatoms. The molecule has 0 spiro atoms. The number of amides is 1. The van der Waals surface area contributed by atoms with Gasteiger partial charge in [-0.05, 0) is 44.9 Å². The van der Waals surface area contributed by atoms with E-state index in [2.05, 4.69) is 37.4 Å². The predicted molar refractivity (Wildman–Crippen MR) is 213 cm³/mol. The number of unbranched alkanes of at least 4 members (excludes halogenated alkanes) is 24. The van der Waals surface area contributed by atoms with Crippen LogP contribution in [-0.4, -0.2) is 47.4 Å². The second kappa shape index (κ2) is 40.1. The Morgan fingerprint density at radius 1 is 0.560 bits per heavy atom. The first-order chi connectivity index (χ1) is 24.5. The zero-order valence-electron chi connectivity index (χ0n) is 33.1. The van der Waals surface area contributed by atoms with Crippen molar-refractivity contribution in [3.63, 3.8) is 0 Å². The van der Waals surface area contributed by atoms with Gasteiger partial charge in [-0.3, -0.25) is 9.59 Å². The summed E-state index contributed by atoms with van der Waals surface area (Å²) in [4.78, 5) is 24.2. The lowest BCUT2D eigenvalue weighted by Gasteiger charge is -2.22. The van der Waals surface area contributed by atoms with Crippen molar-refractivity contribution in [2.75, 3.05) is 13.2 Å². The average molecular weight is 706 g/mol. The van der Waals surface area contributed by atoms with Crippen LogP contribution < -0.4 is 5.32 Å². The van der Waals surface area contributed by atoms with E-state index in [1.165, 1.54) is 128 Å². The molecule has 0 aliphatic carbocycles. The van der Waals surface area contributed by atoms with Crippen molar-refractivity contribution >= 4 is 11.9 Å². The van der Waals surface area contributed by atoms with Crippen molar-refractivity contribution in [3.8, 4) is 0 Å².